The number of carbonyl (C=O) groups excluding carboxylic acids is 2. The van der Waals surface area contributed by atoms with E-state index in [1.165, 1.54) is 18.2 Å². The Labute approximate surface area is 163 Å². The van der Waals surface area contributed by atoms with Crippen LogP contribution < -0.4 is 20.4 Å². The van der Waals surface area contributed by atoms with Crippen molar-refractivity contribution < 1.29 is 23.5 Å². The zero-order chi connectivity index (χ0) is 19.8. The summed E-state index contributed by atoms with van der Waals surface area (Å²) in [6.45, 7) is 1.44. The second-order valence-electron chi connectivity index (χ2n) is 6.29. The zero-order valence-electron chi connectivity index (χ0n) is 14.7. The highest BCUT2D eigenvalue weighted by Gasteiger charge is 2.18. The van der Waals surface area contributed by atoms with E-state index in [1.807, 2.05) is 0 Å². The molecule has 1 amide bonds. The quantitative estimate of drug-likeness (QED) is 0.534. The fourth-order valence-electron chi connectivity index (χ4n) is 2.91. The fourth-order valence-corrected chi connectivity index (χ4v) is 3.13. The summed E-state index contributed by atoms with van der Waals surface area (Å²) in [5.41, 5.74) is 1.36. The zero-order valence-corrected chi connectivity index (χ0v) is 15.5. The Hall–Kier alpha value is -3.32. The molecule has 1 aromatic heterocycles. The maximum atomic E-state index is 12.5. The monoisotopic (exact) mass is 399 g/mol. The van der Waals surface area contributed by atoms with Crippen molar-refractivity contribution in [1.29, 1.82) is 0 Å². The summed E-state index contributed by atoms with van der Waals surface area (Å²) in [6, 6.07) is 9.22. The average Bonchev–Trinajstić information content (AvgIpc) is 2.66. The molecule has 0 fully saturated rings. The van der Waals surface area contributed by atoms with E-state index in [0.29, 0.717) is 33.0 Å². The van der Waals surface area contributed by atoms with Gasteiger partial charge in [0.05, 0.1) is 10.7 Å². The third-order valence-electron chi connectivity index (χ3n) is 4.30. The molecule has 8 heteroatoms. The summed E-state index contributed by atoms with van der Waals surface area (Å²) in [4.78, 5) is 35.4. The molecule has 0 saturated heterocycles. The third-order valence-corrected chi connectivity index (χ3v) is 4.59. The van der Waals surface area contributed by atoms with Gasteiger partial charge in [0.1, 0.15) is 17.1 Å². The predicted molar refractivity (Wildman–Crippen MR) is 103 cm³/mol. The van der Waals surface area contributed by atoms with Crippen molar-refractivity contribution in [2.75, 3.05) is 18.5 Å². The lowest BCUT2D eigenvalue weighted by atomic mass is 10.1. The Morgan fingerprint density at radius 2 is 2.04 bits per heavy atom. The topological polar surface area (TPSA) is 94.8 Å². The van der Waals surface area contributed by atoms with Crippen molar-refractivity contribution >= 4 is 39.9 Å². The van der Waals surface area contributed by atoms with Gasteiger partial charge in [0.2, 0.25) is 0 Å². The summed E-state index contributed by atoms with van der Waals surface area (Å²) in [5, 5.41) is 3.63. The van der Waals surface area contributed by atoms with Crippen molar-refractivity contribution in [3.05, 3.63) is 63.0 Å². The van der Waals surface area contributed by atoms with Crippen molar-refractivity contribution in [3.8, 4) is 11.5 Å². The molecule has 4 rings (SSSR count). The van der Waals surface area contributed by atoms with Crippen LogP contribution in [0, 0.1) is 6.92 Å². The fraction of sp³-hybridized carbons (Fsp3) is 0.150. The van der Waals surface area contributed by atoms with Crippen LogP contribution in [-0.4, -0.2) is 24.9 Å². The van der Waals surface area contributed by atoms with Gasteiger partial charge in [0.15, 0.2) is 19.0 Å². The van der Waals surface area contributed by atoms with Gasteiger partial charge in [-0.25, -0.2) is 4.79 Å². The summed E-state index contributed by atoms with van der Waals surface area (Å²) < 4.78 is 16.0. The first-order valence-corrected chi connectivity index (χ1v) is 8.75. The van der Waals surface area contributed by atoms with Crippen LogP contribution in [0.1, 0.15) is 15.9 Å². The van der Waals surface area contributed by atoms with Gasteiger partial charge in [-0.1, -0.05) is 11.6 Å². The average molecular weight is 400 g/mol. The lowest BCUT2D eigenvalue weighted by molar-refractivity contribution is -0.118. The molecule has 1 N–H and O–H groups in total. The first-order valence-electron chi connectivity index (χ1n) is 8.37. The van der Waals surface area contributed by atoms with E-state index < -0.39 is 5.63 Å². The number of nitrogens with one attached hydrogen (secondary N) is 1. The minimum Gasteiger partial charge on any atom is -0.484 e. The van der Waals surface area contributed by atoms with Gasteiger partial charge in [0, 0.05) is 23.1 Å². The van der Waals surface area contributed by atoms with Crippen molar-refractivity contribution in [2.45, 2.75) is 6.92 Å². The highest BCUT2D eigenvalue weighted by molar-refractivity contribution is 6.32. The normalized spacial score (nSPS) is 12.9. The van der Waals surface area contributed by atoms with E-state index in [4.69, 9.17) is 25.5 Å². The molecule has 0 bridgehead atoms. The third kappa shape index (κ3) is 3.44. The minimum absolute atomic E-state index is 0.0561. The molecule has 1 aliphatic rings. The summed E-state index contributed by atoms with van der Waals surface area (Å²) in [7, 11) is 0. The van der Waals surface area contributed by atoms with Crippen molar-refractivity contribution in [3.63, 3.8) is 0 Å². The number of ketones is 1. The maximum Gasteiger partial charge on any atom is 0.336 e. The Morgan fingerprint density at radius 3 is 2.86 bits per heavy atom. The van der Waals surface area contributed by atoms with E-state index >= 15 is 0 Å². The SMILES string of the molecule is Cc1cc(=O)oc2cc(OCC(=O)c3ccc4c(c3)NC(=O)CO4)c(Cl)cc12. The number of anilines is 1. The maximum absolute atomic E-state index is 12.5. The van der Waals surface area contributed by atoms with E-state index in [1.54, 1.807) is 25.1 Å². The second kappa shape index (κ2) is 7.01. The van der Waals surface area contributed by atoms with Crippen LogP contribution in [0.5, 0.6) is 11.5 Å². The van der Waals surface area contributed by atoms with Crippen LogP contribution >= 0.6 is 11.6 Å². The van der Waals surface area contributed by atoms with Gasteiger partial charge in [-0.3, -0.25) is 9.59 Å². The number of benzene rings is 2. The van der Waals surface area contributed by atoms with Crippen LogP contribution in [-0.2, 0) is 4.79 Å². The summed E-state index contributed by atoms with van der Waals surface area (Å²) in [6.07, 6.45) is 0. The first kappa shape index (κ1) is 18.1. The van der Waals surface area contributed by atoms with E-state index in [9.17, 15) is 14.4 Å². The van der Waals surface area contributed by atoms with Crippen LogP contribution in [0.25, 0.3) is 11.0 Å². The lowest BCUT2D eigenvalue weighted by Crippen LogP contribution is -2.25. The van der Waals surface area contributed by atoms with Crippen LogP contribution in [0.2, 0.25) is 5.02 Å². The summed E-state index contributed by atoms with van der Waals surface area (Å²) in [5.74, 6) is 0.128. The Bertz CT molecular complexity index is 1180. The molecule has 0 aliphatic carbocycles. The van der Waals surface area contributed by atoms with Gasteiger partial charge in [-0.05, 0) is 36.8 Å². The Kier molecular flexibility index (Phi) is 4.52. The van der Waals surface area contributed by atoms with Gasteiger partial charge in [-0.15, -0.1) is 0 Å². The number of amides is 1. The molecule has 3 aromatic rings. The standard InChI is InChI=1S/C20H14ClNO6/c1-10-4-20(25)28-17-7-18(13(21)6-12(10)17)26-8-15(23)11-2-3-16-14(5-11)22-19(24)9-27-16/h2-7H,8-9H2,1H3,(H,22,24). The molecule has 0 unspecified atom stereocenters. The molecule has 28 heavy (non-hydrogen) atoms. The van der Waals surface area contributed by atoms with Crippen molar-refractivity contribution in [2.24, 2.45) is 0 Å². The van der Waals surface area contributed by atoms with Crippen LogP contribution in [0.3, 0.4) is 0 Å². The molecule has 0 radical (unpaired) electrons. The minimum atomic E-state index is -0.479. The number of aryl methyl sites for hydroxylation is 1. The van der Waals surface area contributed by atoms with E-state index in [0.717, 1.165) is 5.56 Å². The highest BCUT2D eigenvalue weighted by atomic mass is 35.5. The number of ether oxygens (including phenoxy) is 2. The molecule has 0 atom stereocenters. The molecule has 142 valence electrons. The lowest BCUT2D eigenvalue weighted by Gasteiger charge is -2.18. The molecule has 2 aromatic carbocycles. The van der Waals surface area contributed by atoms with Gasteiger partial charge < -0.3 is 19.2 Å². The molecule has 1 aliphatic heterocycles. The Balaban J connectivity index is 1.55. The van der Waals surface area contributed by atoms with Crippen LogP contribution in [0.4, 0.5) is 5.69 Å². The number of rotatable bonds is 4. The van der Waals surface area contributed by atoms with Gasteiger partial charge >= 0.3 is 5.63 Å². The second-order valence-corrected chi connectivity index (χ2v) is 6.69. The number of carbonyl (C=O) groups is 2. The first-order chi connectivity index (χ1) is 13.4. The van der Waals surface area contributed by atoms with Crippen molar-refractivity contribution in [1.82, 2.24) is 0 Å². The smallest absolute Gasteiger partial charge is 0.336 e. The van der Waals surface area contributed by atoms with E-state index in [-0.39, 0.29) is 30.7 Å². The number of halogens is 1. The number of hydrogen-bond donors (Lipinski definition) is 1. The number of hydrogen-bond acceptors (Lipinski definition) is 6. The molecular formula is C20H14ClNO6. The van der Waals surface area contributed by atoms with Gasteiger partial charge in [0.25, 0.3) is 5.91 Å². The largest absolute Gasteiger partial charge is 0.484 e. The van der Waals surface area contributed by atoms with Gasteiger partial charge in [-0.2, -0.15) is 0 Å². The molecule has 0 saturated carbocycles. The van der Waals surface area contributed by atoms with E-state index in [2.05, 4.69) is 5.32 Å². The molecule has 0 spiro atoms. The predicted octanol–water partition coefficient (Wildman–Crippen LogP) is 3.35. The Morgan fingerprint density at radius 1 is 1.21 bits per heavy atom. The number of fused-ring (bicyclic) bond motifs is 2. The highest BCUT2D eigenvalue weighted by Crippen LogP contribution is 2.32. The molecule has 7 nitrogen and oxygen atoms in total. The van der Waals surface area contributed by atoms with Crippen LogP contribution in [0.15, 0.2) is 45.6 Å². The molecule has 2 heterocycles. The number of Topliss-reactive ketones (excluding diaryl/α,β-unsaturated/α-hetero) is 1. The molecular weight excluding hydrogens is 386 g/mol. The summed E-state index contributed by atoms with van der Waals surface area (Å²) >= 11 is 6.24.